The Hall–Kier alpha value is -1.91. The van der Waals surface area contributed by atoms with Crippen molar-refractivity contribution in [3.8, 4) is 0 Å². The van der Waals surface area contributed by atoms with Crippen LogP contribution in [0.2, 0.25) is 5.02 Å². The minimum atomic E-state index is -0.388. The van der Waals surface area contributed by atoms with Crippen molar-refractivity contribution < 1.29 is 9.53 Å². The molecular weight excluding hydrogens is 306 g/mol. The Kier molecular flexibility index (Phi) is 3.90. The summed E-state index contributed by atoms with van der Waals surface area (Å²) in [6.45, 7) is 0. The third kappa shape index (κ3) is 2.77. The molecule has 0 saturated heterocycles. The van der Waals surface area contributed by atoms with Gasteiger partial charge >= 0.3 is 5.97 Å². The molecule has 3 aromatic rings. The van der Waals surface area contributed by atoms with Crippen molar-refractivity contribution in [2.24, 2.45) is 0 Å². The Balaban J connectivity index is 2.17. The number of hydrogen-bond donors (Lipinski definition) is 1. The first kappa shape index (κ1) is 14.0. The Morgan fingerprint density at radius 1 is 1.19 bits per heavy atom. The van der Waals surface area contributed by atoms with E-state index in [2.05, 4.69) is 4.98 Å². The van der Waals surface area contributed by atoms with Gasteiger partial charge in [0.25, 0.3) is 0 Å². The summed E-state index contributed by atoms with van der Waals surface area (Å²) in [5.41, 5.74) is 1.31. The summed E-state index contributed by atoms with van der Waals surface area (Å²) < 4.78 is 4.86. The van der Waals surface area contributed by atoms with E-state index >= 15 is 0 Å². The monoisotopic (exact) mass is 317 g/mol. The number of benzene rings is 2. The molecule has 2 aromatic carbocycles. The van der Waals surface area contributed by atoms with Crippen molar-refractivity contribution in [1.82, 2.24) is 4.98 Å². The van der Waals surface area contributed by atoms with Crippen LogP contribution in [0.3, 0.4) is 0 Å². The van der Waals surface area contributed by atoms with E-state index < -0.39 is 0 Å². The van der Waals surface area contributed by atoms with Crippen LogP contribution in [0.1, 0.15) is 10.5 Å². The smallest absolute Gasteiger partial charge is 0.355 e. The maximum Gasteiger partial charge on any atom is 0.355 e. The molecule has 3 nitrogen and oxygen atoms in total. The second-order valence-electron chi connectivity index (χ2n) is 4.43. The van der Waals surface area contributed by atoms with Gasteiger partial charge in [-0.15, -0.1) is 0 Å². The lowest BCUT2D eigenvalue weighted by Crippen LogP contribution is -2.02. The Morgan fingerprint density at radius 3 is 2.67 bits per heavy atom. The fourth-order valence-corrected chi connectivity index (χ4v) is 3.31. The Bertz CT molecular complexity index is 799. The fraction of sp³-hybridized carbons (Fsp3) is 0.0625. The average molecular weight is 318 g/mol. The molecule has 0 aliphatic heterocycles. The second-order valence-corrected chi connectivity index (χ2v) is 5.95. The molecule has 0 saturated carbocycles. The third-order valence-electron chi connectivity index (χ3n) is 3.07. The molecule has 0 unspecified atom stereocenters. The van der Waals surface area contributed by atoms with Gasteiger partial charge in [-0.2, -0.15) is 0 Å². The van der Waals surface area contributed by atoms with E-state index in [0.29, 0.717) is 10.7 Å². The highest BCUT2D eigenvalue weighted by molar-refractivity contribution is 7.99. The summed E-state index contributed by atoms with van der Waals surface area (Å²) in [5.74, 6) is -0.388. The van der Waals surface area contributed by atoms with Gasteiger partial charge in [-0.05, 0) is 30.3 Å². The summed E-state index contributed by atoms with van der Waals surface area (Å²) >= 11 is 7.59. The predicted octanol–water partition coefficient (Wildman–Crippen LogP) is 4.76. The normalized spacial score (nSPS) is 10.8. The second kappa shape index (κ2) is 5.84. The summed E-state index contributed by atoms with van der Waals surface area (Å²) in [6.07, 6.45) is 0. The van der Waals surface area contributed by atoms with Gasteiger partial charge in [0.05, 0.1) is 12.0 Å². The van der Waals surface area contributed by atoms with Crippen LogP contribution < -0.4 is 0 Å². The van der Waals surface area contributed by atoms with Crippen LogP contribution in [0.5, 0.6) is 0 Å². The number of carbonyl (C=O) groups is 1. The van der Waals surface area contributed by atoms with Gasteiger partial charge in [-0.1, -0.05) is 41.6 Å². The SMILES string of the molecule is COC(=O)c1[nH]c2ccc(Cl)cc2c1Sc1ccccc1. The molecule has 0 amide bonds. The molecule has 0 bridgehead atoms. The lowest BCUT2D eigenvalue weighted by Gasteiger charge is -2.03. The Labute approximate surface area is 131 Å². The van der Waals surface area contributed by atoms with Crippen LogP contribution in [-0.4, -0.2) is 18.1 Å². The van der Waals surface area contributed by atoms with Gasteiger partial charge in [-0.3, -0.25) is 0 Å². The molecule has 106 valence electrons. The number of nitrogens with one attached hydrogen (secondary N) is 1. The number of methoxy groups -OCH3 is 1. The number of aromatic amines is 1. The van der Waals surface area contributed by atoms with E-state index in [-0.39, 0.29) is 5.97 Å². The first-order valence-electron chi connectivity index (χ1n) is 6.31. The highest BCUT2D eigenvalue weighted by Gasteiger charge is 2.19. The summed E-state index contributed by atoms with van der Waals surface area (Å²) in [4.78, 5) is 17.0. The number of esters is 1. The van der Waals surface area contributed by atoms with E-state index in [1.165, 1.54) is 18.9 Å². The predicted molar refractivity (Wildman–Crippen MR) is 85.2 cm³/mol. The first-order valence-corrected chi connectivity index (χ1v) is 7.51. The molecule has 0 fully saturated rings. The van der Waals surface area contributed by atoms with Crippen LogP contribution >= 0.6 is 23.4 Å². The topological polar surface area (TPSA) is 42.1 Å². The van der Waals surface area contributed by atoms with Crippen LogP contribution in [0, 0.1) is 0 Å². The van der Waals surface area contributed by atoms with Crippen molar-refractivity contribution in [2.75, 3.05) is 7.11 Å². The Morgan fingerprint density at radius 2 is 1.95 bits per heavy atom. The third-order valence-corrected chi connectivity index (χ3v) is 4.44. The standard InChI is InChI=1S/C16H12ClNO2S/c1-20-16(19)14-15(21-11-5-3-2-4-6-11)12-9-10(17)7-8-13(12)18-14/h2-9,18H,1H3. The minimum Gasteiger partial charge on any atom is -0.464 e. The number of carbonyl (C=O) groups excluding carboxylic acids is 1. The number of ether oxygens (including phenoxy) is 1. The van der Waals surface area contributed by atoms with E-state index in [1.807, 2.05) is 42.5 Å². The highest BCUT2D eigenvalue weighted by Crippen LogP contribution is 2.37. The number of halogens is 1. The zero-order valence-corrected chi connectivity index (χ0v) is 12.8. The van der Waals surface area contributed by atoms with Crippen LogP contribution in [0.25, 0.3) is 10.9 Å². The fourth-order valence-electron chi connectivity index (χ4n) is 2.10. The summed E-state index contributed by atoms with van der Waals surface area (Å²) in [5, 5.41) is 1.55. The van der Waals surface area contributed by atoms with Gasteiger partial charge in [0.1, 0.15) is 5.69 Å². The minimum absolute atomic E-state index is 0.388. The van der Waals surface area contributed by atoms with E-state index in [0.717, 1.165) is 20.7 Å². The number of hydrogen-bond acceptors (Lipinski definition) is 3. The van der Waals surface area contributed by atoms with Crippen LogP contribution in [0.4, 0.5) is 0 Å². The number of aromatic nitrogens is 1. The number of H-pyrrole nitrogens is 1. The molecule has 0 aliphatic carbocycles. The molecule has 1 heterocycles. The van der Waals surface area contributed by atoms with E-state index in [1.54, 1.807) is 6.07 Å². The molecule has 5 heteroatoms. The molecule has 0 atom stereocenters. The summed E-state index contributed by atoms with van der Waals surface area (Å²) in [6, 6.07) is 15.4. The van der Waals surface area contributed by atoms with Gasteiger partial charge in [0, 0.05) is 20.8 Å². The van der Waals surface area contributed by atoms with Gasteiger partial charge in [-0.25, -0.2) is 4.79 Å². The van der Waals surface area contributed by atoms with Crippen molar-refractivity contribution >= 4 is 40.2 Å². The lowest BCUT2D eigenvalue weighted by molar-refractivity contribution is 0.0591. The van der Waals surface area contributed by atoms with Crippen molar-refractivity contribution in [3.05, 3.63) is 59.2 Å². The van der Waals surface area contributed by atoms with Crippen molar-refractivity contribution in [3.63, 3.8) is 0 Å². The molecule has 21 heavy (non-hydrogen) atoms. The van der Waals surface area contributed by atoms with Crippen molar-refractivity contribution in [1.29, 1.82) is 0 Å². The lowest BCUT2D eigenvalue weighted by atomic mass is 10.2. The highest BCUT2D eigenvalue weighted by atomic mass is 35.5. The summed E-state index contributed by atoms with van der Waals surface area (Å²) in [7, 11) is 1.37. The quantitative estimate of drug-likeness (QED) is 0.708. The number of fused-ring (bicyclic) bond motifs is 1. The zero-order valence-electron chi connectivity index (χ0n) is 11.2. The molecule has 0 spiro atoms. The largest absolute Gasteiger partial charge is 0.464 e. The van der Waals surface area contributed by atoms with Gasteiger partial charge in [0.2, 0.25) is 0 Å². The van der Waals surface area contributed by atoms with Crippen LogP contribution in [-0.2, 0) is 4.74 Å². The van der Waals surface area contributed by atoms with Crippen LogP contribution in [0.15, 0.2) is 58.3 Å². The molecule has 1 aromatic heterocycles. The maximum atomic E-state index is 12.0. The zero-order chi connectivity index (χ0) is 14.8. The van der Waals surface area contributed by atoms with Gasteiger partial charge in [0.15, 0.2) is 0 Å². The van der Waals surface area contributed by atoms with E-state index in [9.17, 15) is 4.79 Å². The molecule has 1 N–H and O–H groups in total. The van der Waals surface area contributed by atoms with Gasteiger partial charge < -0.3 is 9.72 Å². The number of rotatable bonds is 3. The maximum absolute atomic E-state index is 12.0. The van der Waals surface area contributed by atoms with Crippen molar-refractivity contribution in [2.45, 2.75) is 9.79 Å². The average Bonchev–Trinajstić information content (AvgIpc) is 2.86. The molecular formula is C16H12ClNO2S. The molecule has 0 radical (unpaired) electrons. The van der Waals surface area contributed by atoms with E-state index in [4.69, 9.17) is 16.3 Å². The first-order chi connectivity index (χ1) is 10.2. The molecule has 0 aliphatic rings. The molecule has 3 rings (SSSR count).